The number of β-amino-alcohol motifs (C(OH)–C–C–N with tert-alkyl or cyclic N) is 1. The molecule has 1 rings (SSSR count). The predicted molar refractivity (Wildman–Crippen MR) is 63.7 cm³/mol. The molecule has 3 atom stereocenters. The van der Waals surface area contributed by atoms with Gasteiger partial charge < -0.3 is 10.8 Å². The van der Waals surface area contributed by atoms with Gasteiger partial charge >= 0.3 is 0 Å². The van der Waals surface area contributed by atoms with Crippen molar-refractivity contribution in [3.05, 3.63) is 0 Å². The summed E-state index contributed by atoms with van der Waals surface area (Å²) in [5.41, 5.74) is 6.04. The van der Waals surface area contributed by atoms with E-state index >= 15 is 0 Å². The van der Waals surface area contributed by atoms with Crippen LogP contribution in [0.2, 0.25) is 0 Å². The zero-order valence-corrected chi connectivity index (χ0v) is 10.5. The fourth-order valence-corrected chi connectivity index (χ4v) is 2.41. The molecule has 0 aromatic heterocycles. The fourth-order valence-electron chi connectivity index (χ4n) is 2.41. The number of nitrogens with zero attached hydrogens (tertiary/aromatic N) is 1. The second-order valence-electron chi connectivity index (χ2n) is 5.95. The Hall–Kier alpha value is -0.120. The highest BCUT2D eigenvalue weighted by atomic mass is 16.3. The minimum Gasteiger partial charge on any atom is -0.392 e. The van der Waals surface area contributed by atoms with E-state index in [0.29, 0.717) is 18.5 Å². The second kappa shape index (κ2) is 4.81. The van der Waals surface area contributed by atoms with E-state index in [4.69, 9.17) is 5.73 Å². The summed E-state index contributed by atoms with van der Waals surface area (Å²) in [6, 6.07) is 0.375. The summed E-state index contributed by atoms with van der Waals surface area (Å²) < 4.78 is 0. The van der Waals surface area contributed by atoms with E-state index in [9.17, 15) is 5.11 Å². The average molecular weight is 214 g/mol. The molecule has 15 heavy (non-hydrogen) atoms. The highest BCUT2D eigenvalue weighted by Crippen LogP contribution is 2.27. The maximum Gasteiger partial charge on any atom is 0.0693 e. The lowest BCUT2D eigenvalue weighted by Crippen LogP contribution is -2.54. The SMILES string of the molecule is CC1CCN(C(CN)C(C)(C)C)CC1O. The van der Waals surface area contributed by atoms with Gasteiger partial charge in [0.05, 0.1) is 6.10 Å². The molecule has 3 N–H and O–H groups in total. The molecule has 3 nitrogen and oxygen atoms in total. The van der Waals surface area contributed by atoms with Crippen molar-refractivity contribution in [1.29, 1.82) is 0 Å². The summed E-state index contributed by atoms with van der Waals surface area (Å²) in [5, 5.41) is 9.88. The Bertz CT molecular complexity index is 200. The molecule has 3 heteroatoms. The molecule has 1 saturated heterocycles. The van der Waals surface area contributed by atoms with E-state index in [0.717, 1.165) is 19.5 Å². The Morgan fingerprint density at radius 2 is 2.07 bits per heavy atom. The lowest BCUT2D eigenvalue weighted by atomic mass is 9.83. The van der Waals surface area contributed by atoms with Crippen LogP contribution in [0, 0.1) is 11.3 Å². The third kappa shape index (κ3) is 3.16. The standard InChI is InChI=1S/C12H26N2O/c1-9-5-6-14(8-10(9)15)11(7-13)12(2,3)4/h9-11,15H,5-8,13H2,1-4H3. The molecule has 0 aromatic rings. The van der Waals surface area contributed by atoms with E-state index in [1.165, 1.54) is 0 Å². The van der Waals surface area contributed by atoms with Crippen LogP contribution >= 0.6 is 0 Å². The first kappa shape index (κ1) is 12.9. The molecular weight excluding hydrogens is 188 g/mol. The number of aliphatic hydroxyl groups excluding tert-OH is 1. The van der Waals surface area contributed by atoms with Crippen LogP contribution in [0.4, 0.5) is 0 Å². The number of rotatable bonds is 2. The highest BCUT2D eigenvalue weighted by Gasteiger charge is 2.34. The lowest BCUT2D eigenvalue weighted by molar-refractivity contribution is -0.0121. The van der Waals surface area contributed by atoms with Crippen LogP contribution in [0.3, 0.4) is 0 Å². The van der Waals surface area contributed by atoms with Gasteiger partial charge in [-0.3, -0.25) is 4.90 Å². The molecule has 0 aliphatic carbocycles. The number of hydrogen-bond acceptors (Lipinski definition) is 3. The lowest BCUT2D eigenvalue weighted by Gasteiger charge is -2.44. The van der Waals surface area contributed by atoms with Crippen molar-refractivity contribution in [1.82, 2.24) is 4.90 Å². The Morgan fingerprint density at radius 1 is 1.47 bits per heavy atom. The van der Waals surface area contributed by atoms with Crippen molar-refractivity contribution >= 4 is 0 Å². The van der Waals surface area contributed by atoms with Gasteiger partial charge in [0.2, 0.25) is 0 Å². The predicted octanol–water partition coefficient (Wildman–Crippen LogP) is 1.06. The molecule has 1 aliphatic heterocycles. The Balaban J connectivity index is 2.63. The quantitative estimate of drug-likeness (QED) is 0.723. The van der Waals surface area contributed by atoms with E-state index < -0.39 is 0 Å². The van der Waals surface area contributed by atoms with Gasteiger partial charge in [-0.2, -0.15) is 0 Å². The highest BCUT2D eigenvalue weighted by molar-refractivity contribution is 4.88. The average Bonchev–Trinajstić information content (AvgIpc) is 2.10. The largest absolute Gasteiger partial charge is 0.392 e. The third-order valence-electron chi connectivity index (χ3n) is 3.61. The van der Waals surface area contributed by atoms with Crippen molar-refractivity contribution in [2.45, 2.75) is 46.3 Å². The molecule has 0 radical (unpaired) electrons. The number of aliphatic hydroxyl groups is 1. The first-order chi connectivity index (χ1) is 6.86. The molecule has 0 spiro atoms. The van der Waals surface area contributed by atoms with Crippen molar-refractivity contribution < 1.29 is 5.11 Å². The normalized spacial score (nSPS) is 31.6. The molecule has 0 amide bonds. The third-order valence-corrected chi connectivity index (χ3v) is 3.61. The maximum absolute atomic E-state index is 9.88. The van der Waals surface area contributed by atoms with Crippen LogP contribution in [0.25, 0.3) is 0 Å². The van der Waals surface area contributed by atoms with Gasteiger partial charge in [-0.05, 0) is 24.3 Å². The molecule has 1 heterocycles. The minimum absolute atomic E-state index is 0.185. The molecular formula is C12H26N2O. The Morgan fingerprint density at radius 3 is 2.47 bits per heavy atom. The molecule has 90 valence electrons. The topological polar surface area (TPSA) is 49.5 Å². The maximum atomic E-state index is 9.88. The van der Waals surface area contributed by atoms with E-state index in [1.54, 1.807) is 0 Å². The number of nitrogens with two attached hydrogens (primary N) is 1. The summed E-state index contributed by atoms with van der Waals surface area (Å²) in [5.74, 6) is 0.430. The number of hydrogen-bond donors (Lipinski definition) is 2. The van der Waals surface area contributed by atoms with Crippen LogP contribution in [-0.4, -0.2) is 41.8 Å². The van der Waals surface area contributed by atoms with Gasteiger partial charge in [-0.25, -0.2) is 0 Å². The molecule has 3 unspecified atom stereocenters. The fraction of sp³-hybridized carbons (Fsp3) is 1.00. The Kier molecular flexibility index (Phi) is 4.15. The van der Waals surface area contributed by atoms with Crippen LogP contribution in [0.1, 0.15) is 34.1 Å². The summed E-state index contributed by atoms with van der Waals surface area (Å²) in [7, 11) is 0. The smallest absolute Gasteiger partial charge is 0.0693 e. The van der Waals surface area contributed by atoms with Crippen LogP contribution in [-0.2, 0) is 0 Å². The zero-order chi connectivity index (χ0) is 11.6. The molecule has 1 fully saturated rings. The van der Waals surface area contributed by atoms with Gasteiger partial charge in [0.15, 0.2) is 0 Å². The second-order valence-corrected chi connectivity index (χ2v) is 5.95. The number of likely N-dealkylation sites (tertiary alicyclic amines) is 1. The summed E-state index contributed by atoms with van der Waals surface area (Å²) >= 11 is 0. The molecule has 1 aliphatic rings. The van der Waals surface area contributed by atoms with Crippen LogP contribution in [0.15, 0.2) is 0 Å². The van der Waals surface area contributed by atoms with Gasteiger partial charge in [-0.1, -0.05) is 27.7 Å². The first-order valence-electron chi connectivity index (χ1n) is 5.98. The monoisotopic (exact) mass is 214 g/mol. The van der Waals surface area contributed by atoms with Gasteiger partial charge in [0.1, 0.15) is 0 Å². The van der Waals surface area contributed by atoms with E-state index in [-0.39, 0.29) is 11.5 Å². The Labute approximate surface area is 93.6 Å². The first-order valence-corrected chi connectivity index (χ1v) is 5.98. The van der Waals surface area contributed by atoms with Crippen molar-refractivity contribution in [3.63, 3.8) is 0 Å². The van der Waals surface area contributed by atoms with E-state index in [2.05, 4.69) is 32.6 Å². The van der Waals surface area contributed by atoms with Crippen molar-refractivity contribution in [2.24, 2.45) is 17.1 Å². The van der Waals surface area contributed by atoms with Crippen LogP contribution < -0.4 is 5.73 Å². The van der Waals surface area contributed by atoms with Crippen LogP contribution in [0.5, 0.6) is 0 Å². The molecule has 0 aromatic carbocycles. The van der Waals surface area contributed by atoms with Crippen molar-refractivity contribution in [3.8, 4) is 0 Å². The number of piperidine rings is 1. The van der Waals surface area contributed by atoms with Gasteiger partial charge in [0.25, 0.3) is 0 Å². The minimum atomic E-state index is -0.185. The summed E-state index contributed by atoms with van der Waals surface area (Å²) in [4.78, 5) is 2.35. The van der Waals surface area contributed by atoms with Crippen molar-refractivity contribution in [2.75, 3.05) is 19.6 Å². The zero-order valence-electron chi connectivity index (χ0n) is 10.5. The molecule has 0 saturated carbocycles. The van der Waals surface area contributed by atoms with E-state index in [1.807, 2.05) is 0 Å². The molecule has 0 bridgehead atoms. The van der Waals surface area contributed by atoms with Gasteiger partial charge in [-0.15, -0.1) is 0 Å². The summed E-state index contributed by atoms with van der Waals surface area (Å²) in [6.45, 7) is 11.3. The summed E-state index contributed by atoms with van der Waals surface area (Å²) in [6.07, 6.45) is 0.892. The van der Waals surface area contributed by atoms with Gasteiger partial charge in [0, 0.05) is 19.1 Å².